The van der Waals surface area contributed by atoms with Crippen molar-refractivity contribution in [2.45, 2.75) is 9.79 Å². The van der Waals surface area contributed by atoms with Crippen molar-refractivity contribution in [1.29, 1.82) is 0 Å². The summed E-state index contributed by atoms with van der Waals surface area (Å²) in [6.45, 7) is 0. The summed E-state index contributed by atoms with van der Waals surface area (Å²) in [4.78, 5) is 23.0. The number of nitrogens with one attached hydrogen (secondary N) is 2. The Labute approximate surface area is 386 Å². The van der Waals surface area contributed by atoms with Gasteiger partial charge in [-0.1, -0.05) is 84.9 Å². The van der Waals surface area contributed by atoms with E-state index in [2.05, 4.69) is 21.1 Å². The van der Waals surface area contributed by atoms with E-state index in [0.29, 0.717) is 22.9 Å². The molecule has 0 aliphatic heterocycles. The minimum atomic E-state index is -4.69. The summed E-state index contributed by atoms with van der Waals surface area (Å²) in [6, 6.07) is 25.2. The van der Waals surface area contributed by atoms with Crippen molar-refractivity contribution in [3.05, 3.63) is 144 Å². The van der Waals surface area contributed by atoms with Crippen molar-refractivity contribution in [2.24, 2.45) is 10.2 Å². The van der Waals surface area contributed by atoms with Gasteiger partial charge in [-0.3, -0.25) is 38.7 Å². The van der Waals surface area contributed by atoms with Gasteiger partial charge in [0.15, 0.2) is 0 Å². The van der Waals surface area contributed by atoms with Gasteiger partial charge >= 0.3 is 7.13 Å². The number of rotatable bonds is 8. The molecule has 0 spiro atoms. The van der Waals surface area contributed by atoms with Crippen molar-refractivity contribution in [3.8, 4) is 11.5 Å². The molecule has 25 heteroatoms. The number of hydrogen-bond acceptors (Lipinski definition) is 16. The number of ketones is 2. The predicted molar refractivity (Wildman–Crippen MR) is 239 cm³/mol. The Balaban J connectivity index is 0.000000645. The molecule has 6 aromatic carbocycles. The Hall–Kier alpha value is -6.63. The number of fused-ring (bicyclic) bond motifs is 4. The van der Waals surface area contributed by atoms with Gasteiger partial charge in [-0.15, -0.1) is 0 Å². The summed E-state index contributed by atoms with van der Waals surface area (Å²) in [5.41, 5.74) is 4.31. The summed E-state index contributed by atoms with van der Waals surface area (Å²) in [5.74, 6) is -2.52. The molecular weight excluding hydrogens is 973 g/mol. The zero-order valence-electron chi connectivity index (χ0n) is 37.2. The topological polar surface area (TPSA) is 341 Å². The summed E-state index contributed by atoms with van der Waals surface area (Å²) >= 11 is 0. The van der Waals surface area contributed by atoms with Crippen LogP contribution in [0.5, 0.6) is 11.5 Å². The average molecular weight is 1010 g/mol. The second-order valence-electron chi connectivity index (χ2n) is 13.5. The maximum Gasteiger partial charge on any atom is 1.00 e. The maximum atomic E-state index is 12.6. The van der Waals surface area contributed by atoms with Crippen molar-refractivity contribution in [1.82, 2.24) is 0 Å². The second-order valence-corrected chi connectivity index (χ2v) is 19.1. The fraction of sp³-hybridized carbons (Fsp3) is 0. The summed E-state index contributed by atoms with van der Waals surface area (Å²) in [7, 11) is -18.7. The van der Waals surface area contributed by atoms with Gasteiger partial charge in [-0.05, 0) is 35.0 Å². The van der Waals surface area contributed by atoms with Crippen molar-refractivity contribution < 1.29 is 96.2 Å². The zero-order chi connectivity index (χ0) is 46.5. The van der Waals surface area contributed by atoms with Gasteiger partial charge in [0, 0.05) is 62.5 Å². The molecule has 0 saturated carbocycles. The van der Waals surface area contributed by atoms with Crippen molar-refractivity contribution in [2.75, 3.05) is 10.9 Å². The van der Waals surface area contributed by atoms with Crippen LogP contribution in [0.2, 0.25) is 0 Å². The number of phenolic OH excluding ortho intramolecular Hbond substituents is 2. The minimum Gasteiger partial charge on any atom is -0.506 e. The number of hydrazone groups is 2. The van der Waals surface area contributed by atoms with Gasteiger partial charge < -0.3 is 10.2 Å². The SMILES string of the molecule is O=C1C=C(S(=O)(=O)O)c2ccccc2C1=NNc1c(O)ccc2cccc(S(=O)(=O)O)c12.O=C1C=C(S(=O)(=O)O)c2ccccc2C1=NNc1c(O)ccc2cccc(S(=O)(=O)O)c12.[Cr].[H+].[H+].[H+].[H+].[H+]. The smallest absolute Gasteiger partial charge is 0.506 e. The van der Waals surface area contributed by atoms with Crippen LogP contribution in [0.3, 0.4) is 0 Å². The molecule has 0 aromatic heterocycles. The Kier molecular flexibility index (Phi) is 13.1. The number of allylic oxidation sites excluding steroid dienone is 2. The molecule has 2 aliphatic carbocycles. The third-order valence-electron chi connectivity index (χ3n) is 9.53. The van der Waals surface area contributed by atoms with E-state index in [9.17, 15) is 71.7 Å². The average Bonchev–Trinajstić information content (AvgIpc) is 3.22. The monoisotopic (exact) mass is 1010 g/mol. The van der Waals surface area contributed by atoms with E-state index in [1.165, 1.54) is 84.9 Å². The van der Waals surface area contributed by atoms with E-state index >= 15 is 0 Å². The number of hydrogen-bond donors (Lipinski definition) is 8. The molecule has 0 atom stereocenters. The van der Waals surface area contributed by atoms with Gasteiger partial charge in [0.2, 0.25) is 11.6 Å². The number of benzene rings is 6. The standard InChI is InChI=1S/2C20H14N2O8S2.Cr/c2*23-14-9-8-11-4-3-7-16(31(25,26)27)18(11)20(14)22-21-19-13-6-2-1-5-12(13)17(10-15(19)24)32(28,29)30;/h2*1-10,22-23H,(H,25,26,27)(H,28,29,30);/p+5. The predicted octanol–water partition coefficient (Wildman–Crippen LogP) is 5.40. The maximum absolute atomic E-state index is 12.6. The Morgan fingerprint density at radius 2 is 0.769 bits per heavy atom. The molecule has 8 rings (SSSR count). The number of anilines is 2. The van der Waals surface area contributed by atoms with Crippen LogP contribution in [0.15, 0.2) is 141 Å². The molecule has 0 radical (unpaired) electrons. The van der Waals surface area contributed by atoms with Gasteiger partial charge in [0.05, 0.1) is 0 Å². The third-order valence-corrected chi connectivity index (χ3v) is 13.1. The van der Waals surface area contributed by atoms with Crippen molar-refractivity contribution in [3.63, 3.8) is 0 Å². The minimum absolute atomic E-state index is 0. The van der Waals surface area contributed by atoms with Crippen molar-refractivity contribution >= 4 is 106 Å². The summed E-state index contributed by atoms with van der Waals surface area (Å²) in [5, 5.41) is 29.2. The van der Waals surface area contributed by atoms with Crippen LogP contribution in [-0.4, -0.2) is 85.1 Å². The third kappa shape index (κ3) is 9.60. The van der Waals surface area contributed by atoms with E-state index in [-0.39, 0.29) is 80.3 Å². The van der Waals surface area contributed by atoms with Gasteiger partial charge in [0.1, 0.15) is 53.9 Å². The van der Waals surface area contributed by atoms with E-state index < -0.39 is 83.1 Å². The molecule has 0 fully saturated rings. The molecule has 0 heterocycles. The van der Waals surface area contributed by atoms with Crippen LogP contribution in [-0.2, 0) is 67.4 Å². The Bertz CT molecular complexity index is 3420. The first kappa shape index (κ1) is 47.8. The molecule has 65 heavy (non-hydrogen) atoms. The first-order chi connectivity index (χ1) is 30.0. The first-order valence-electron chi connectivity index (χ1n) is 17.7. The van der Waals surface area contributed by atoms with E-state index in [0.717, 1.165) is 12.1 Å². The van der Waals surface area contributed by atoms with Crippen LogP contribution < -0.4 is 10.9 Å². The number of aromatic hydroxyl groups is 2. The molecule has 20 nitrogen and oxygen atoms in total. The fourth-order valence-electron chi connectivity index (χ4n) is 6.81. The van der Waals surface area contributed by atoms with Crippen LogP contribution in [0.1, 0.15) is 29.4 Å². The molecule has 334 valence electrons. The van der Waals surface area contributed by atoms with Crippen LogP contribution in [0.25, 0.3) is 31.4 Å². The first-order valence-corrected chi connectivity index (χ1v) is 23.5. The molecule has 0 bridgehead atoms. The molecular formula is C40H33CrN4O16S4+5. The number of phenols is 2. The number of carbonyl (C=O) groups excluding carboxylic acids is 2. The Morgan fingerprint density at radius 3 is 1.09 bits per heavy atom. The Morgan fingerprint density at radius 1 is 0.431 bits per heavy atom. The summed E-state index contributed by atoms with van der Waals surface area (Å²) in [6.07, 6.45) is 1.43. The van der Waals surface area contributed by atoms with E-state index in [4.69, 9.17) is 0 Å². The quantitative estimate of drug-likeness (QED) is 0.0537. The zero-order valence-corrected chi connectivity index (χ0v) is 36.8. The van der Waals surface area contributed by atoms with Gasteiger partial charge in [-0.2, -0.15) is 43.9 Å². The van der Waals surface area contributed by atoms with Gasteiger partial charge in [0.25, 0.3) is 40.5 Å². The second kappa shape index (κ2) is 17.7. The van der Waals surface area contributed by atoms with E-state index in [1.807, 2.05) is 0 Å². The van der Waals surface area contributed by atoms with Crippen LogP contribution in [0, 0.1) is 0 Å². The molecule has 0 saturated heterocycles. The molecule has 2 aliphatic rings. The fourth-order valence-corrected chi connectivity index (χ4v) is 9.69. The van der Waals surface area contributed by atoms with Crippen LogP contribution in [0.4, 0.5) is 11.4 Å². The number of nitrogens with zero attached hydrogens (tertiary/aromatic N) is 2. The molecule has 8 N–H and O–H groups in total. The molecule has 0 amide bonds. The largest absolute Gasteiger partial charge is 1.00 e. The summed E-state index contributed by atoms with van der Waals surface area (Å²) < 4.78 is 132. The van der Waals surface area contributed by atoms with E-state index in [1.54, 1.807) is 12.1 Å². The normalized spacial score (nSPS) is 15.3. The van der Waals surface area contributed by atoms with Crippen LogP contribution >= 0.6 is 0 Å². The van der Waals surface area contributed by atoms with Gasteiger partial charge in [-0.25, -0.2) is 0 Å². The number of carbonyl (C=O) groups is 2. The molecule has 6 aromatic rings. The molecule has 0 unspecified atom stereocenters.